The van der Waals surface area contributed by atoms with E-state index in [-0.39, 0.29) is 49.5 Å². The van der Waals surface area contributed by atoms with E-state index in [2.05, 4.69) is 36.5 Å². The first kappa shape index (κ1) is 29.8. The Labute approximate surface area is 258 Å². The molecule has 4 atom stereocenters. The molecule has 2 aliphatic heterocycles. The molecule has 0 spiro atoms. The lowest BCUT2D eigenvalue weighted by Crippen LogP contribution is -2.58. The lowest BCUT2D eigenvalue weighted by molar-refractivity contribution is -0.134. The number of H-pyrrole nitrogens is 1. The summed E-state index contributed by atoms with van der Waals surface area (Å²) in [5.74, 6) is -0.879. The molecule has 0 unspecified atom stereocenters. The number of amides is 4. The molecular weight excluding hydrogens is 578 g/mol. The molecule has 0 aliphatic carbocycles. The summed E-state index contributed by atoms with van der Waals surface area (Å²) in [4.78, 5) is 56.1. The summed E-state index contributed by atoms with van der Waals surface area (Å²) in [6, 6.07) is 11.4. The van der Waals surface area contributed by atoms with Crippen LogP contribution >= 0.6 is 0 Å². The van der Waals surface area contributed by atoms with Gasteiger partial charge in [0, 0.05) is 25.5 Å². The molecule has 1 aromatic carbocycles. The van der Waals surface area contributed by atoms with Gasteiger partial charge in [-0.25, -0.2) is 4.68 Å². The first-order chi connectivity index (χ1) is 21.7. The van der Waals surface area contributed by atoms with Crippen LogP contribution in [0.4, 0.5) is 0 Å². The van der Waals surface area contributed by atoms with Crippen LogP contribution in [-0.4, -0.2) is 78.4 Å². The number of likely N-dealkylation sites (tertiary alicyclic amines) is 1. The van der Waals surface area contributed by atoms with Gasteiger partial charge in [-0.15, -0.1) is 5.10 Å². The Morgan fingerprint density at radius 3 is 2.58 bits per heavy atom. The van der Waals surface area contributed by atoms with Gasteiger partial charge in [0.2, 0.25) is 17.7 Å². The van der Waals surface area contributed by atoms with Gasteiger partial charge in [0.1, 0.15) is 35.3 Å². The zero-order chi connectivity index (χ0) is 31.7. The minimum atomic E-state index is -0.957. The second kappa shape index (κ2) is 12.4. The monoisotopic (exact) mass is 613 g/mol. The third kappa shape index (κ3) is 6.35. The fraction of sp³-hybridized carbons (Fsp3) is 0.387. The predicted molar refractivity (Wildman–Crippen MR) is 160 cm³/mol. The van der Waals surface area contributed by atoms with Crippen LogP contribution in [-0.2, 0) is 27.3 Å². The molecule has 234 valence electrons. The van der Waals surface area contributed by atoms with Crippen molar-refractivity contribution in [2.24, 2.45) is 5.92 Å². The van der Waals surface area contributed by atoms with E-state index in [1.54, 1.807) is 23.0 Å². The molecule has 14 heteroatoms. The van der Waals surface area contributed by atoms with Crippen LogP contribution in [0.25, 0.3) is 11.5 Å². The zero-order valence-corrected chi connectivity index (χ0v) is 25.2. The van der Waals surface area contributed by atoms with E-state index >= 15 is 0 Å². The maximum Gasteiger partial charge on any atom is 0.275 e. The Bertz CT molecular complexity index is 1710. The summed E-state index contributed by atoms with van der Waals surface area (Å²) < 4.78 is 7.27. The van der Waals surface area contributed by atoms with Crippen LogP contribution < -0.4 is 16.0 Å². The number of aromatic amines is 1. The first-order valence-electron chi connectivity index (χ1n) is 14.9. The predicted octanol–water partition coefficient (Wildman–Crippen LogP) is 1.52. The first-order valence-corrected chi connectivity index (χ1v) is 14.9. The van der Waals surface area contributed by atoms with E-state index in [9.17, 15) is 19.2 Å². The third-order valence-electron chi connectivity index (χ3n) is 8.18. The Morgan fingerprint density at radius 1 is 1.04 bits per heavy atom. The van der Waals surface area contributed by atoms with Crippen molar-refractivity contribution >= 4 is 23.6 Å². The summed E-state index contributed by atoms with van der Waals surface area (Å²) in [5, 5.41) is 24.1. The van der Waals surface area contributed by atoms with Crippen LogP contribution in [0.3, 0.4) is 0 Å². The molecule has 5 heterocycles. The van der Waals surface area contributed by atoms with Crippen molar-refractivity contribution in [3.05, 3.63) is 77.4 Å². The minimum Gasteiger partial charge on any atom is -0.460 e. The molecule has 1 fully saturated rings. The van der Waals surface area contributed by atoms with Crippen LogP contribution in [0.5, 0.6) is 0 Å². The van der Waals surface area contributed by atoms with Crippen molar-refractivity contribution in [2.45, 2.75) is 64.3 Å². The van der Waals surface area contributed by atoms with E-state index < -0.39 is 35.8 Å². The Kier molecular flexibility index (Phi) is 8.20. The lowest BCUT2D eigenvalue weighted by atomic mass is 10.00. The van der Waals surface area contributed by atoms with E-state index in [1.807, 2.05) is 57.2 Å². The van der Waals surface area contributed by atoms with E-state index in [0.29, 0.717) is 22.9 Å². The van der Waals surface area contributed by atoms with E-state index in [4.69, 9.17) is 4.42 Å². The summed E-state index contributed by atoms with van der Waals surface area (Å²) in [6.07, 6.45) is 2.19. The minimum absolute atomic E-state index is 0.0892. The zero-order valence-electron chi connectivity index (χ0n) is 25.2. The second-order valence-electron chi connectivity index (χ2n) is 11.8. The molecule has 0 radical (unpaired) electrons. The van der Waals surface area contributed by atoms with Crippen molar-refractivity contribution in [2.75, 3.05) is 6.54 Å². The number of carbonyl (C=O) groups is 4. The number of nitrogens with one attached hydrogen (secondary N) is 4. The highest BCUT2D eigenvalue weighted by atomic mass is 16.3. The van der Waals surface area contributed by atoms with Crippen LogP contribution in [0.2, 0.25) is 0 Å². The van der Waals surface area contributed by atoms with E-state index in [0.717, 1.165) is 5.56 Å². The fourth-order valence-corrected chi connectivity index (χ4v) is 5.74. The Hall–Kier alpha value is -5.27. The summed E-state index contributed by atoms with van der Waals surface area (Å²) in [7, 11) is 0. The molecular formula is C31H35N9O5. The number of aromatic nitrogens is 5. The van der Waals surface area contributed by atoms with Crippen LogP contribution in [0.1, 0.15) is 53.8 Å². The molecule has 4 aromatic rings. The van der Waals surface area contributed by atoms with Gasteiger partial charge in [-0.2, -0.15) is 5.10 Å². The number of nitrogens with zero attached hydrogens (tertiary/aromatic N) is 5. The largest absolute Gasteiger partial charge is 0.460 e. The number of fused-ring (bicyclic) bond motifs is 5. The van der Waals surface area contributed by atoms with Crippen LogP contribution in [0.15, 0.2) is 59.1 Å². The Balaban J connectivity index is 1.30. The normalized spacial score (nSPS) is 22.4. The van der Waals surface area contributed by atoms with Gasteiger partial charge in [0.25, 0.3) is 5.91 Å². The van der Waals surface area contributed by atoms with Gasteiger partial charge in [0.15, 0.2) is 11.5 Å². The van der Waals surface area contributed by atoms with Crippen molar-refractivity contribution < 1.29 is 23.6 Å². The fourth-order valence-electron chi connectivity index (χ4n) is 5.74. The maximum absolute atomic E-state index is 13.9. The summed E-state index contributed by atoms with van der Waals surface area (Å²) in [5.41, 5.74) is 2.01. The van der Waals surface area contributed by atoms with Crippen molar-refractivity contribution in [1.29, 1.82) is 0 Å². The molecule has 0 saturated carbocycles. The third-order valence-corrected chi connectivity index (χ3v) is 8.18. The maximum atomic E-state index is 13.9. The van der Waals surface area contributed by atoms with Gasteiger partial charge >= 0.3 is 0 Å². The van der Waals surface area contributed by atoms with Crippen molar-refractivity contribution in [1.82, 2.24) is 46.0 Å². The average molecular weight is 614 g/mol. The molecule has 4 amide bonds. The average Bonchev–Trinajstić information content (AvgIpc) is 3.84. The van der Waals surface area contributed by atoms with Crippen molar-refractivity contribution in [3.8, 4) is 11.5 Å². The topological polar surface area (TPSA) is 180 Å². The molecule has 2 aliphatic rings. The summed E-state index contributed by atoms with van der Waals surface area (Å²) >= 11 is 0. The number of carbonyl (C=O) groups excluding carboxylic acids is 4. The Morgan fingerprint density at radius 2 is 1.84 bits per heavy atom. The molecule has 1 saturated heterocycles. The number of hydrogen-bond acceptors (Lipinski definition) is 8. The molecule has 4 N–H and O–H groups in total. The van der Waals surface area contributed by atoms with Crippen molar-refractivity contribution in [3.63, 3.8) is 0 Å². The van der Waals surface area contributed by atoms with Crippen LogP contribution in [0, 0.1) is 12.8 Å². The number of benzene rings is 1. The molecule has 45 heavy (non-hydrogen) atoms. The molecule has 6 rings (SSSR count). The van der Waals surface area contributed by atoms with Gasteiger partial charge in [0.05, 0.1) is 18.8 Å². The number of rotatable bonds is 5. The van der Waals surface area contributed by atoms with Gasteiger partial charge in [-0.3, -0.25) is 24.3 Å². The quantitative estimate of drug-likeness (QED) is 0.262. The number of aryl methyl sites for hydroxylation is 1. The van der Waals surface area contributed by atoms with Gasteiger partial charge in [-0.1, -0.05) is 49.4 Å². The molecule has 14 nitrogen and oxygen atoms in total. The number of hydrogen-bond donors (Lipinski definition) is 4. The summed E-state index contributed by atoms with van der Waals surface area (Å²) in [6.45, 7) is 5.69. The SMILES string of the molecule is Cc1ccc(-c2cc(C(=O)N3C[C@@H]4C[C@H]3C(=O)N[C@@H](C(C)C)C(=O)N[C@H](Cc3ccccc3)C(=O)NCc3cn4nn3)n[nH]2)o1. The highest BCUT2D eigenvalue weighted by Gasteiger charge is 2.43. The smallest absolute Gasteiger partial charge is 0.275 e. The molecule has 3 aromatic heterocycles. The molecule has 4 bridgehead atoms. The van der Waals surface area contributed by atoms with Gasteiger partial charge in [-0.05, 0) is 30.5 Å². The standard InChI is InChI=1S/C31H35N9O5/c1-17(2)27-30(43)33-23(11-19-7-5-4-6-8-19)28(41)32-14-20-15-40(38-35-20)21-12-25(29(42)34-27)39(16-21)31(44)24-13-22(36-37-24)26-10-9-18(3)45-26/h4-10,13,15,17,21,23,25,27H,11-12,14,16H2,1-3H3,(H,32,41)(H,33,43)(H,34,42)(H,36,37)/t21-,23+,25-,27-/m0/s1. The lowest BCUT2D eigenvalue weighted by Gasteiger charge is -2.28. The number of furan rings is 1. The second-order valence-corrected chi connectivity index (χ2v) is 11.8. The van der Waals surface area contributed by atoms with E-state index in [1.165, 1.54) is 4.90 Å². The highest BCUT2D eigenvalue weighted by Crippen LogP contribution is 2.30. The van der Waals surface area contributed by atoms with Gasteiger partial charge < -0.3 is 25.3 Å². The highest BCUT2D eigenvalue weighted by molar-refractivity contribution is 5.98.